The Morgan fingerprint density at radius 1 is 1.08 bits per heavy atom. The van der Waals surface area contributed by atoms with Crippen LogP contribution in [-0.4, -0.2) is 94.4 Å². The molecule has 2 aromatic rings. The van der Waals surface area contributed by atoms with Crippen LogP contribution < -0.4 is 10.2 Å². The number of nitrogens with one attached hydrogen (secondary N) is 1. The molecule has 0 aliphatic carbocycles. The Morgan fingerprint density at radius 3 is 2.68 bits per heavy atom. The topological polar surface area (TPSA) is 81.9 Å². The lowest BCUT2D eigenvalue weighted by atomic mass is 10.2. The van der Waals surface area contributed by atoms with Gasteiger partial charge in [0.1, 0.15) is 12.1 Å². The van der Waals surface area contributed by atoms with Gasteiger partial charge in [-0.1, -0.05) is 0 Å². The van der Waals surface area contributed by atoms with Crippen molar-refractivity contribution in [3.8, 4) is 0 Å². The van der Waals surface area contributed by atoms with Gasteiger partial charge in [0, 0.05) is 65.3 Å². The number of fused-ring (bicyclic) bond motifs is 1. The highest BCUT2D eigenvalue weighted by atomic mass is 16.2. The van der Waals surface area contributed by atoms with Crippen molar-refractivity contribution < 1.29 is 4.79 Å². The molecule has 0 radical (unpaired) electrons. The van der Waals surface area contributed by atoms with Crippen LogP contribution >= 0.6 is 0 Å². The quantitative estimate of drug-likeness (QED) is 0.767. The molecule has 9 nitrogen and oxygen atoms in total. The molecular formula is C16H24N8O. The van der Waals surface area contributed by atoms with Gasteiger partial charge in [-0.2, -0.15) is 4.52 Å². The van der Waals surface area contributed by atoms with Gasteiger partial charge in [0.15, 0.2) is 5.65 Å². The molecule has 2 aliphatic rings. The summed E-state index contributed by atoms with van der Waals surface area (Å²) in [5.74, 6) is 1.23. The van der Waals surface area contributed by atoms with Gasteiger partial charge in [-0.05, 0) is 12.1 Å². The van der Waals surface area contributed by atoms with Gasteiger partial charge in [-0.15, -0.1) is 15.3 Å². The van der Waals surface area contributed by atoms with Crippen molar-refractivity contribution in [2.45, 2.75) is 6.42 Å². The highest BCUT2D eigenvalue weighted by Gasteiger charge is 2.21. The van der Waals surface area contributed by atoms with E-state index in [4.69, 9.17) is 0 Å². The lowest BCUT2D eigenvalue weighted by molar-refractivity contribution is -0.132. The van der Waals surface area contributed by atoms with Crippen LogP contribution in [0.2, 0.25) is 0 Å². The first-order chi connectivity index (χ1) is 12.3. The lowest BCUT2D eigenvalue weighted by Crippen LogP contribution is -2.49. The van der Waals surface area contributed by atoms with Crippen LogP contribution in [0.15, 0.2) is 18.5 Å². The average Bonchev–Trinajstić information content (AvgIpc) is 3.15. The van der Waals surface area contributed by atoms with Crippen LogP contribution in [0.25, 0.3) is 5.65 Å². The SMILES string of the molecule is O=C(CCN1CCN(c2ccc3nncn3n2)CC1)N1CCNCC1. The molecule has 0 spiro atoms. The number of rotatable bonds is 4. The third kappa shape index (κ3) is 3.72. The second-order valence-corrected chi connectivity index (χ2v) is 6.53. The van der Waals surface area contributed by atoms with Crippen LogP contribution in [-0.2, 0) is 4.79 Å². The van der Waals surface area contributed by atoms with E-state index in [0.29, 0.717) is 6.42 Å². The van der Waals surface area contributed by atoms with Crippen molar-refractivity contribution >= 4 is 17.4 Å². The van der Waals surface area contributed by atoms with Crippen molar-refractivity contribution in [2.75, 3.05) is 63.8 Å². The molecule has 2 saturated heterocycles. The van der Waals surface area contributed by atoms with Gasteiger partial charge in [0.05, 0.1) is 0 Å². The van der Waals surface area contributed by atoms with E-state index in [1.807, 2.05) is 17.0 Å². The number of hydrogen-bond acceptors (Lipinski definition) is 7. The second-order valence-electron chi connectivity index (χ2n) is 6.53. The summed E-state index contributed by atoms with van der Waals surface area (Å²) >= 11 is 0. The Hall–Kier alpha value is -2.26. The zero-order chi connectivity index (χ0) is 17.1. The smallest absolute Gasteiger partial charge is 0.223 e. The van der Waals surface area contributed by atoms with Crippen molar-refractivity contribution in [2.24, 2.45) is 0 Å². The summed E-state index contributed by atoms with van der Waals surface area (Å²) < 4.78 is 1.70. The summed E-state index contributed by atoms with van der Waals surface area (Å²) in [6, 6.07) is 3.93. The third-order valence-electron chi connectivity index (χ3n) is 4.96. The van der Waals surface area contributed by atoms with E-state index < -0.39 is 0 Å². The van der Waals surface area contributed by atoms with Crippen molar-refractivity contribution in [1.82, 2.24) is 34.9 Å². The first-order valence-corrected chi connectivity index (χ1v) is 8.92. The highest BCUT2D eigenvalue weighted by molar-refractivity contribution is 5.76. The van der Waals surface area contributed by atoms with Crippen LogP contribution in [0.4, 0.5) is 5.82 Å². The van der Waals surface area contributed by atoms with E-state index >= 15 is 0 Å². The van der Waals surface area contributed by atoms with Crippen LogP contribution in [0, 0.1) is 0 Å². The summed E-state index contributed by atoms with van der Waals surface area (Å²) in [6.45, 7) is 8.09. The molecule has 2 aromatic heterocycles. The van der Waals surface area contributed by atoms with E-state index in [0.717, 1.165) is 70.4 Å². The van der Waals surface area contributed by atoms with Crippen molar-refractivity contribution in [1.29, 1.82) is 0 Å². The van der Waals surface area contributed by atoms with E-state index in [-0.39, 0.29) is 5.91 Å². The third-order valence-corrected chi connectivity index (χ3v) is 4.96. The number of amides is 1. The highest BCUT2D eigenvalue weighted by Crippen LogP contribution is 2.14. The Balaban J connectivity index is 1.25. The number of hydrogen-bond donors (Lipinski definition) is 1. The molecule has 2 fully saturated rings. The summed E-state index contributed by atoms with van der Waals surface area (Å²) in [5, 5.41) is 15.7. The molecular weight excluding hydrogens is 320 g/mol. The summed E-state index contributed by atoms with van der Waals surface area (Å²) in [4.78, 5) is 18.9. The van der Waals surface area contributed by atoms with E-state index in [9.17, 15) is 4.79 Å². The summed E-state index contributed by atoms with van der Waals surface area (Å²) in [6.07, 6.45) is 2.24. The number of anilines is 1. The molecule has 25 heavy (non-hydrogen) atoms. The van der Waals surface area contributed by atoms with Crippen molar-refractivity contribution in [3.05, 3.63) is 18.5 Å². The molecule has 9 heteroatoms. The number of carbonyl (C=O) groups excluding carboxylic acids is 1. The van der Waals surface area contributed by atoms with Crippen molar-refractivity contribution in [3.63, 3.8) is 0 Å². The minimum absolute atomic E-state index is 0.281. The van der Waals surface area contributed by atoms with E-state index in [1.54, 1.807) is 10.8 Å². The normalized spacial score (nSPS) is 19.5. The van der Waals surface area contributed by atoms with Gasteiger partial charge < -0.3 is 15.1 Å². The maximum Gasteiger partial charge on any atom is 0.223 e. The molecule has 4 heterocycles. The minimum atomic E-state index is 0.281. The zero-order valence-electron chi connectivity index (χ0n) is 14.3. The molecule has 2 aliphatic heterocycles. The predicted octanol–water partition coefficient (Wildman–Crippen LogP) is -0.932. The molecule has 1 N–H and O–H groups in total. The zero-order valence-corrected chi connectivity index (χ0v) is 14.3. The first-order valence-electron chi connectivity index (χ1n) is 8.92. The van der Waals surface area contributed by atoms with Gasteiger partial charge in [0.2, 0.25) is 5.91 Å². The maximum atomic E-state index is 12.3. The Kier molecular flexibility index (Phi) is 4.75. The van der Waals surface area contributed by atoms with Gasteiger partial charge >= 0.3 is 0 Å². The van der Waals surface area contributed by atoms with E-state index in [2.05, 4.69) is 30.4 Å². The predicted molar refractivity (Wildman–Crippen MR) is 93.5 cm³/mol. The molecule has 0 saturated carbocycles. The van der Waals surface area contributed by atoms with Crippen LogP contribution in [0.1, 0.15) is 6.42 Å². The number of carbonyl (C=O) groups is 1. The van der Waals surface area contributed by atoms with Crippen LogP contribution in [0.5, 0.6) is 0 Å². The van der Waals surface area contributed by atoms with Gasteiger partial charge in [-0.25, -0.2) is 0 Å². The molecule has 4 rings (SSSR count). The fourth-order valence-corrected chi connectivity index (χ4v) is 3.41. The largest absolute Gasteiger partial charge is 0.353 e. The Morgan fingerprint density at radius 2 is 1.88 bits per heavy atom. The Bertz CT molecular complexity index is 718. The molecule has 0 aromatic carbocycles. The standard InChI is InChI=1S/C16H24N8O/c25-16(23-7-4-17-5-8-23)3-6-21-9-11-22(12-10-21)15-2-1-14-19-18-13-24(14)20-15/h1-2,13,17H,3-12H2. The minimum Gasteiger partial charge on any atom is -0.353 e. The number of nitrogens with zero attached hydrogens (tertiary/aromatic N) is 7. The monoisotopic (exact) mass is 344 g/mol. The maximum absolute atomic E-state index is 12.3. The summed E-state index contributed by atoms with van der Waals surface area (Å²) in [5.41, 5.74) is 0.758. The average molecular weight is 344 g/mol. The van der Waals surface area contributed by atoms with E-state index in [1.165, 1.54) is 0 Å². The first kappa shape index (κ1) is 16.2. The fourth-order valence-electron chi connectivity index (χ4n) is 3.41. The molecule has 0 bridgehead atoms. The number of aromatic nitrogens is 4. The van der Waals surface area contributed by atoms with Gasteiger partial charge in [0.25, 0.3) is 0 Å². The lowest BCUT2D eigenvalue weighted by Gasteiger charge is -2.35. The summed E-state index contributed by atoms with van der Waals surface area (Å²) in [7, 11) is 0. The molecule has 1 amide bonds. The molecule has 0 atom stereocenters. The van der Waals surface area contributed by atoms with Gasteiger partial charge in [-0.3, -0.25) is 9.69 Å². The molecule has 134 valence electrons. The second kappa shape index (κ2) is 7.32. The number of piperazine rings is 2. The van der Waals surface area contributed by atoms with Crippen LogP contribution in [0.3, 0.4) is 0 Å². The molecule has 0 unspecified atom stereocenters. The Labute approximate surface area is 146 Å². The fraction of sp³-hybridized carbons (Fsp3) is 0.625.